The first-order valence-corrected chi connectivity index (χ1v) is 18.6. The van der Waals surface area contributed by atoms with Crippen molar-refractivity contribution in [3.05, 3.63) is 192 Å². The van der Waals surface area contributed by atoms with E-state index in [9.17, 15) is 0 Å². The molecule has 53 heavy (non-hydrogen) atoms. The molecule has 6 aromatic rings. The summed E-state index contributed by atoms with van der Waals surface area (Å²) < 4.78 is 0. The SMILES string of the molecule is C=C1/C=C\C=C/N(c2ccc(-c3cc(C4=CCCC=C4)nc(-c4ccccc4)n3)cc2)c2c3c(c4c(c21)-c1ccccc1C4(C)C)-c1ccccc1C3. The second-order valence-electron chi connectivity index (χ2n) is 14.9. The van der Waals surface area contributed by atoms with Gasteiger partial charge in [0, 0.05) is 40.4 Å². The molecule has 3 nitrogen and oxygen atoms in total. The van der Waals surface area contributed by atoms with Crippen LogP contribution in [0.3, 0.4) is 0 Å². The molecule has 2 heterocycles. The minimum Gasteiger partial charge on any atom is -0.316 e. The fourth-order valence-electron chi connectivity index (χ4n) is 8.96. The van der Waals surface area contributed by atoms with Crippen molar-refractivity contribution in [3.8, 4) is 44.9 Å². The topological polar surface area (TPSA) is 29.0 Å². The molecule has 0 saturated heterocycles. The molecule has 0 unspecified atom stereocenters. The first-order chi connectivity index (χ1) is 26.0. The van der Waals surface area contributed by atoms with Gasteiger partial charge in [0.1, 0.15) is 0 Å². The van der Waals surface area contributed by atoms with Gasteiger partial charge in [0.05, 0.1) is 17.1 Å². The van der Waals surface area contributed by atoms with Crippen molar-refractivity contribution >= 4 is 22.5 Å². The Morgan fingerprint density at radius 3 is 2.25 bits per heavy atom. The number of anilines is 2. The molecule has 1 aliphatic heterocycles. The average Bonchev–Trinajstić information content (AvgIpc) is 3.69. The molecule has 4 aliphatic rings. The third kappa shape index (κ3) is 4.95. The highest BCUT2D eigenvalue weighted by Crippen LogP contribution is 2.61. The van der Waals surface area contributed by atoms with E-state index in [4.69, 9.17) is 16.5 Å². The summed E-state index contributed by atoms with van der Waals surface area (Å²) in [6.45, 7) is 9.51. The summed E-state index contributed by atoms with van der Waals surface area (Å²) in [7, 11) is 0. The Bertz CT molecular complexity index is 2620. The Hall–Kier alpha value is -6.32. The number of fused-ring (bicyclic) bond motifs is 10. The Balaban J connectivity index is 1.16. The Labute approximate surface area is 311 Å². The minimum absolute atomic E-state index is 0.157. The van der Waals surface area contributed by atoms with Crippen molar-refractivity contribution in [2.75, 3.05) is 4.90 Å². The lowest BCUT2D eigenvalue weighted by molar-refractivity contribution is 0.662. The average molecular weight is 682 g/mol. The fraction of sp³-hybridized carbons (Fsp3) is 0.120. The van der Waals surface area contributed by atoms with Crippen LogP contribution in [0.2, 0.25) is 0 Å². The summed E-state index contributed by atoms with van der Waals surface area (Å²) in [6.07, 6.45) is 18.3. The Kier molecular flexibility index (Phi) is 7.19. The Morgan fingerprint density at radius 2 is 1.43 bits per heavy atom. The summed E-state index contributed by atoms with van der Waals surface area (Å²) in [5, 5.41) is 0. The normalized spacial score (nSPS) is 17.1. The zero-order valence-corrected chi connectivity index (χ0v) is 30.1. The van der Waals surface area contributed by atoms with Crippen LogP contribution in [0.4, 0.5) is 11.4 Å². The highest BCUT2D eigenvalue weighted by atomic mass is 15.1. The predicted molar refractivity (Wildman–Crippen MR) is 221 cm³/mol. The maximum atomic E-state index is 5.12. The van der Waals surface area contributed by atoms with Crippen LogP contribution in [0.5, 0.6) is 0 Å². The lowest BCUT2D eigenvalue weighted by Crippen LogP contribution is -2.19. The van der Waals surface area contributed by atoms with Crippen molar-refractivity contribution in [1.82, 2.24) is 9.97 Å². The van der Waals surface area contributed by atoms with Crippen LogP contribution in [0.25, 0.3) is 56.0 Å². The van der Waals surface area contributed by atoms with Crippen LogP contribution in [0, 0.1) is 0 Å². The number of allylic oxidation sites excluding steroid dienone is 8. The van der Waals surface area contributed by atoms with Gasteiger partial charge in [-0.3, -0.25) is 0 Å². The standard InChI is InChI=1S/C50H39N3/c1-32-16-14-15-29-53(37-27-25-34(26-28-37)43-31-42(33-17-6-4-7-18-33)51-49(52-43)35-19-8-5-9-20-35)48-40-30-36-21-10-11-22-38(36)45(40)47-46(44(32)48)39-23-12-13-24-41(39)50(47,2)3/h5-6,8-29,31H,1,4,7,30H2,2-3H3/b16-14-,29-15-. The minimum atomic E-state index is -0.157. The van der Waals surface area contributed by atoms with Gasteiger partial charge < -0.3 is 4.90 Å². The third-order valence-corrected chi connectivity index (χ3v) is 11.4. The lowest BCUT2D eigenvalue weighted by Gasteiger charge is -2.32. The number of benzene rings is 5. The van der Waals surface area contributed by atoms with E-state index >= 15 is 0 Å². The second-order valence-corrected chi connectivity index (χ2v) is 14.9. The molecule has 0 atom stereocenters. The molecule has 1 aromatic heterocycles. The largest absolute Gasteiger partial charge is 0.316 e. The van der Waals surface area contributed by atoms with E-state index in [1.54, 1.807) is 0 Å². The van der Waals surface area contributed by atoms with E-state index in [2.05, 4.69) is 152 Å². The van der Waals surface area contributed by atoms with Crippen molar-refractivity contribution in [3.63, 3.8) is 0 Å². The molecule has 3 heteroatoms. The van der Waals surface area contributed by atoms with Gasteiger partial charge in [-0.25, -0.2) is 9.97 Å². The zero-order chi connectivity index (χ0) is 35.7. The van der Waals surface area contributed by atoms with Crippen molar-refractivity contribution in [2.45, 2.75) is 38.5 Å². The third-order valence-electron chi connectivity index (χ3n) is 11.4. The van der Waals surface area contributed by atoms with Crippen LogP contribution in [0.15, 0.2) is 158 Å². The molecule has 0 fully saturated rings. The van der Waals surface area contributed by atoms with Gasteiger partial charge in [-0.2, -0.15) is 0 Å². The van der Waals surface area contributed by atoms with Gasteiger partial charge in [-0.05, 0) is 92.8 Å². The number of hydrogen-bond donors (Lipinski definition) is 0. The first kappa shape index (κ1) is 31.4. The predicted octanol–water partition coefficient (Wildman–Crippen LogP) is 12.7. The number of aromatic nitrogens is 2. The monoisotopic (exact) mass is 681 g/mol. The van der Waals surface area contributed by atoms with Gasteiger partial charge in [0.25, 0.3) is 0 Å². The van der Waals surface area contributed by atoms with E-state index in [1.165, 1.54) is 55.8 Å². The van der Waals surface area contributed by atoms with Gasteiger partial charge >= 0.3 is 0 Å². The molecule has 0 saturated carbocycles. The molecular weight excluding hydrogens is 643 g/mol. The molecule has 0 spiro atoms. The smallest absolute Gasteiger partial charge is 0.160 e. The van der Waals surface area contributed by atoms with E-state index in [0.717, 1.165) is 64.4 Å². The fourth-order valence-corrected chi connectivity index (χ4v) is 8.96. The summed E-state index contributed by atoms with van der Waals surface area (Å²) in [6, 6.07) is 39.3. The summed E-state index contributed by atoms with van der Waals surface area (Å²) >= 11 is 0. The molecule has 0 N–H and O–H groups in total. The maximum Gasteiger partial charge on any atom is 0.160 e. The van der Waals surface area contributed by atoms with Gasteiger partial charge in [0.15, 0.2) is 5.82 Å². The number of rotatable bonds is 4. The van der Waals surface area contributed by atoms with Crippen LogP contribution in [-0.2, 0) is 11.8 Å². The molecule has 0 amide bonds. The van der Waals surface area contributed by atoms with Crippen molar-refractivity contribution < 1.29 is 0 Å². The number of hydrogen-bond acceptors (Lipinski definition) is 3. The van der Waals surface area contributed by atoms with Crippen molar-refractivity contribution in [2.24, 2.45) is 0 Å². The lowest BCUT2D eigenvalue weighted by atomic mass is 9.76. The Morgan fingerprint density at radius 1 is 0.679 bits per heavy atom. The first-order valence-electron chi connectivity index (χ1n) is 18.6. The quantitative estimate of drug-likeness (QED) is 0.185. The van der Waals surface area contributed by atoms with Crippen LogP contribution in [-0.4, -0.2) is 9.97 Å². The van der Waals surface area contributed by atoms with Gasteiger partial charge in [-0.1, -0.05) is 142 Å². The van der Waals surface area contributed by atoms with Gasteiger partial charge in [-0.15, -0.1) is 0 Å². The molecule has 0 radical (unpaired) electrons. The zero-order valence-electron chi connectivity index (χ0n) is 30.1. The van der Waals surface area contributed by atoms with Crippen LogP contribution >= 0.6 is 0 Å². The molecule has 0 bridgehead atoms. The summed E-state index contributed by atoms with van der Waals surface area (Å²) in [5.74, 6) is 0.736. The number of nitrogens with zero attached hydrogens (tertiary/aromatic N) is 3. The highest BCUT2D eigenvalue weighted by molar-refractivity contribution is 6.06. The molecule has 10 rings (SSSR count). The van der Waals surface area contributed by atoms with Crippen LogP contribution < -0.4 is 4.90 Å². The summed E-state index contributed by atoms with van der Waals surface area (Å²) in [5.41, 5.74) is 20.4. The van der Waals surface area contributed by atoms with E-state index in [1.807, 2.05) is 18.2 Å². The molecule has 254 valence electrons. The van der Waals surface area contributed by atoms with E-state index in [-0.39, 0.29) is 5.41 Å². The molecule has 5 aromatic carbocycles. The van der Waals surface area contributed by atoms with Crippen LogP contribution in [0.1, 0.15) is 60.2 Å². The van der Waals surface area contributed by atoms with Crippen molar-refractivity contribution in [1.29, 1.82) is 0 Å². The van der Waals surface area contributed by atoms with Gasteiger partial charge in [0.2, 0.25) is 0 Å². The maximum absolute atomic E-state index is 5.12. The van der Waals surface area contributed by atoms with E-state index < -0.39 is 0 Å². The molecule has 3 aliphatic carbocycles. The highest BCUT2D eigenvalue weighted by Gasteiger charge is 2.44. The van der Waals surface area contributed by atoms with E-state index in [0.29, 0.717) is 0 Å². The molecular formula is C50H39N3. The second kappa shape index (κ2) is 12.1. The summed E-state index contributed by atoms with van der Waals surface area (Å²) in [4.78, 5) is 12.5.